The lowest BCUT2D eigenvalue weighted by Crippen LogP contribution is -2.11. The van der Waals surface area contributed by atoms with Crippen molar-refractivity contribution in [2.24, 2.45) is 5.73 Å². The van der Waals surface area contributed by atoms with Crippen molar-refractivity contribution >= 4 is 28.6 Å². The number of carbonyl (C=O) groups is 1. The molecule has 0 bridgehead atoms. The second kappa shape index (κ2) is 5.48. The molecule has 0 aliphatic carbocycles. The molecule has 0 spiro atoms. The molecule has 0 saturated heterocycles. The van der Waals surface area contributed by atoms with Gasteiger partial charge in [-0.2, -0.15) is 0 Å². The van der Waals surface area contributed by atoms with E-state index in [0.29, 0.717) is 9.13 Å². The summed E-state index contributed by atoms with van der Waals surface area (Å²) in [5, 5.41) is 8.62. The minimum absolute atomic E-state index is 0.0765. The Bertz CT molecular complexity index is 413. The number of nitrogens with two attached hydrogens (primary N) is 1. The first-order valence-electron chi connectivity index (χ1n) is 4.34. The summed E-state index contributed by atoms with van der Waals surface area (Å²) in [6, 6.07) is 1.21. The molecule has 0 saturated carbocycles. The summed E-state index contributed by atoms with van der Waals surface area (Å²) >= 11 is 1.86. The number of rotatable bonds is 4. The molecular weight excluding hydrogens is 333 g/mol. The van der Waals surface area contributed by atoms with Gasteiger partial charge in [-0.1, -0.05) is 0 Å². The Morgan fingerprint density at radius 1 is 1.62 bits per heavy atom. The molecule has 0 fully saturated rings. The fraction of sp³-hybridized carbons (Fsp3) is 0.333. The normalized spacial score (nSPS) is 10.8. The van der Waals surface area contributed by atoms with Crippen LogP contribution in [0.5, 0.6) is 0 Å². The maximum absolute atomic E-state index is 12.5. The lowest BCUT2D eigenvalue weighted by Gasteiger charge is -2.09. The predicted octanol–water partition coefficient (Wildman–Crippen LogP) is 1.71. The Kier molecular flexibility index (Phi) is 4.54. The van der Waals surface area contributed by atoms with E-state index in [-0.39, 0.29) is 18.7 Å². The van der Waals surface area contributed by atoms with Gasteiger partial charge in [0.2, 0.25) is 0 Å². The van der Waals surface area contributed by atoms with E-state index in [1.54, 1.807) is 0 Å². The zero-order chi connectivity index (χ0) is 12.3. The first-order chi connectivity index (χ1) is 7.45. The summed E-state index contributed by atoms with van der Waals surface area (Å²) in [4.78, 5) is 14.2. The average molecular weight is 342 g/mol. The number of alkyl halides is 2. The van der Waals surface area contributed by atoms with Crippen molar-refractivity contribution in [1.82, 2.24) is 4.98 Å². The van der Waals surface area contributed by atoms with Crippen LogP contribution in [-0.2, 0) is 17.8 Å². The third kappa shape index (κ3) is 3.08. The van der Waals surface area contributed by atoms with Gasteiger partial charge >= 0.3 is 5.97 Å². The van der Waals surface area contributed by atoms with Crippen molar-refractivity contribution in [3.8, 4) is 0 Å². The fourth-order valence-electron chi connectivity index (χ4n) is 1.19. The van der Waals surface area contributed by atoms with Crippen molar-refractivity contribution in [2.45, 2.75) is 19.4 Å². The van der Waals surface area contributed by atoms with Gasteiger partial charge in [0, 0.05) is 10.1 Å². The molecule has 1 aromatic rings. The Hall–Kier alpha value is -0.830. The van der Waals surface area contributed by atoms with E-state index in [0.717, 1.165) is 0 Å². The zero-order valence-corrected chi connectivity index (χ0v) is 10.2. The molecule has 1 heterocycles. The third-order valence-corrected chi connectivity index (χ3v) is 3.20. The van der Waals surface area contributed by atoms with Crippen LogP contribution >= 0.6 is 22.6 Å². The van der Waals surface area contributed by atoms with Crippen LogP contribution < -0.4 is 5.73 Å². The van der Waals surface area contributed by atoms with Crippen molar-refractivity contribution in [3.63, 3.8) is 0 Å². The molecule has 1 rings (SSSR count). The van der Waals surface area contributed by atoms with Gasteiger partial charge in [-0.15, -0.1) is 0 Å². The van der Waals surface area contributed by atoms with Crippen LogP contribution in [0.25, 0.3) is 0 Å². The number of halogens is 3. The highest BCUT2D eigenvalue weighted by Crippen LogP contribution is 2.23. The molecule has 7 heteroatoms. The van der Waals surface area contributed by atoms with Crippen LogP contribution in [0.15, 0.2) is 6.07 Å². The average Bonchev–Trinajstić information content (AvgIpc) is 2.20. The van der Waals surface area contributed by atoms with Gasteiger partial charge in [-0.25, -0.2) is 8.78 Å². The Morgan fingerprint density at radius 3 is 2.69 bits per heavy atom. The van der Waals surface area contributed by atoms with Crippen LogP contribution in [0.1, 0.15) is 23.4 Å². The summed E-state index contributed by atoms with van der Waals surface area (Å²) in [6.45, 7) is 0.0765. The van der Waals surface area contributed by atoms with Crippen molar-refractivity contribution in [3.05, 3.63) is 26.6 Å². The lowest BCUT2D eigenvalue weighted by atomic mass is 10.1. The highest BCUT2D eigenvalue weighted by Gasteiger charge is 2.17. The topological polar surface area (TPSA) is 76.2 Å². The molecular formula is C9H9F2IN2O2. The third-order valence-electron chi connectivity index (χ3n) is 1.88. The number of aromatic nitrogens is 1. The number of carboxylic acids is 1. The summed E-state index contributed by atoms with van der Waals surface area (Å²) in [5.41, 5.74) is 5.58. The van der Waals surface area contributed by atoms with E-state index >= 15 is 0 Å². The minimum atomic E-state index is -2.73. The second-order valence-electron chi connectivity index (χ2n) is 3.04. The summed E-state index contributed by atoms with van der Waals surface area (Å²) in [6.07, 6.45) is -3.11. The Balaban J connectivity index is 3.24. The largest absolute Gasteiger partial charge is 0.481 e. The van der Waals surface area contributed by atoms with Gasteiger partial charge < -0.3 is 10.8 Å². The first-order valence-corrected chi connectivity index (χ1v) is 5.41. The Labute approximate surface area is 104 Å². The summed E-state index contributed by atoms with van der Waals surface area (Å²) in [7, 11) is 0. The molecule has 0 aliphatic rings. The van der Waals surface area contributed by atoms with E-state index in [9.17, 15) is 13.6 Å². The smallest absolute Gasteiger partial charge is 0.309 e. The maximum atomic E-state index is 12.5. The fourth-order valence-corrected chi connectivity index (χ4v) is 1.87. The number of hydrogen-bond acceptors (Lipinski definition) is 3. The van der Waals surface area contributed by atoms with Crippen LogP contribution in [0.2, 0.25) is 0 Å². The number of aliphatic carboxylic acids is 1. The summed E-state index contributed by atoms with van der Waals surface area (Å²) in [5.74, 6) is -1.11. The van der Waals surface area contributed by atoms with E-state index in [1.807, 2.05) is 22.6 Å². The van der Waals surface area contributed by atoms with E-state index in [1.165, 1.54) is 6.07 Å². The maximum Gasteiger partial charge on any atom is 0.309 e. The molecule has 3 N–H and O–H groups in total. The minimum Gasteiger partial charge on any atom is -0.481 e. The predicted molar refractivity (Wildman–Crippen MR) is 61.1 cm³/mol. The standard InChI is InChI=1S/C9H9F2IN2O2/c10-9(11)6-1-4(3-13)8(12)5(14-6)2-7(15)16/h1,9H,2-3,13H2,(H,15,16). The van der Waals surface area contributed by atoms with E-state index in [2.05, 4.69) is 4.98 Å². The van der Waals surface area contributed by atoms with Crippen LogP contribution in [0.4, 0.5) is 8.78 Å². The zero-order valence-electron chi connectivity index (χ0n) is 8.08. The number of nitrogens with zero attached hydrogens (tertiary/aromatic N) is 1. The molecule has 1 aromatic heterocycles. The van der Waals surface area contributed by atoms with E-state index < -0.39 is 18.1 Å². The van der Waals surface area contributed by atoms with Crippen LogP contribution in [0.3, 0.4) is 0 Å². The molecule has 0 atom stereocenters. The van der Waals surface area contributed by atoms with Crippen LogP contribution in [0, 0.1) is 3.57 Å². The molecule has 0 unspecified atom stereocenters. The molecule has 16 heavy (non-hydrogen) atoms. The number of carboxylic acid groups (broad SMARTS) is 1. The van der Waals surface area contributed by atoms with Gasteiger partial charge in [-0.3, -0.25) is 9.78 Å². The van der Waals surface area contributed by atoms with Gasteiger partial charge in [0.1, 0.15) is 5.69 Å². The molecule has 0 aliphatic heterocycles. The van der Waals surface area contributed by atoms with Crippen molar-refractivity contribution < 1.29 is 18.7 Å². The SMILES string of the molecule is NCc1cc(C(F)F)nc(CC(=O)O)c1I. The van der Waals surface area contributed by atoms with Gasteiger partial charge in [-0.05, 0) is 34.2 Å². The molecule has 0 radical (unpaired) electrons. The quantitative estimate of drug-likeness (QED) is 0.817. The molecule has 4 nitrogen and oxygen atoms in total. The number of pyridine rings is 1. The molecule has 88 valence electrons. The highest BCUT2D eigenvalue weighted by atomic mass is 127. The molecule has 0 aromatic carbocycles. The van der Waals surface area contributed by atoms with Crippen molar-refractivity contribution in [2.75, 3.05) is 0 Å². The van der Waals surface area contributed by atoms with Crippen molar-refractivity contribution in [1.29, 1.82) is 0 Å². The lowest BCUT2D eigenvalue weighted by molar-refractivity contribution is -0.136. The monoisotopic (exact) mass is 342 g/mol. The van der Waals surface area contributed by atoms with Gasteiger partial charge in [0.15, 0.2) is 0 Å². The second-order valence-corrected chi connectivity index (χ2v) is 4.12. The highest BCUT2D eigenvalue weighted by molar-refractivity contribution is 14.1. The summed E-state index contributed by atoms with van der Waals surface area (Å²) < 4.78 is 25.5. The first kappa shape index (κ1) is 13.2. The van der Waals surface area contributed by atoms with Crippen LogP contribution in [-0.4, -0.2) is 16.1 Å². The van der Waals surface area contributed by atoms with Gasteiger partial charge in [0.25, 0.3) is 6.43 Å². The number of hydrogen-bond donors (Lipinski definition) is 2. The molecule has 0 amide bonds. The van der Waals surface area contributed by atoms with E-state index in [4.69, 9.17) is 10.8 Å². The Morgan fingerprint density at radius 2 is 2.25 bits per heavy atom. The van der Waals surface area contributed by atoms with Gasteiger partial charge in [0.05, 0.1) is 12.1 Å².